The second kappa shape index (κ2) is 7.80. The molecule has 4 rings (SSSR count). The number of hydrogen-bond acceptors (Lipinski definition) is 4. The number of halogens is 1. The molecule has 1 aromatic heterocycles. The topological polar surface area (TPSA) is 89.3 Å². The lowest BCUT2D eigenvalue weighted by atomic mass is 9.90. The third-order valence-electron chi connectivity index (χ3n) is 4.59. The van der Waals surface area contributed by atoms with E-state index in [1.54, 1.807) is 12.1 Å². The Balaban J connectivity index is 1.44. The van der Waals surface area contributed by atoms with Crippen molar-refractivity contribution in [2.75, 3.05) is 5.32 Å². The first kappa shape index (κ1) is 17.5. The van der Waals surface area contributed by atoms with Gasteiger partial charge in [-0.2, -0.15) is 4.98 Å². The van der Waals surface area contributed by atoms with Crippen molar-refractivity contribution in [2.24, 2.45) is 10.7 Å². The van der Waals surface area contributed by atoms with Gasteiger partial charge in [0.25, 0.3) is 0 Å². The Morgan fingerprint density at radius 3 is 2.93 bits per heavy atom. The van der Waals surface area contributed by atoms with E-state index in [2.05, 4.69) is 32.6 Å². The van der Waals surface area contributed by atoms with Gasteiger partial charge in [-0.05, 0) is 55.0 Å². The highest BCUT2D eigenvalue weighted by atomic mass is 35.5. The number of anilines is 1. The van der Waals surface area contributed by atoms with Crippen molar-refractivity contribution in [3.8, 4) is 11.4 Å². The molecule has 1 aliphatic rings. The van der Waals surface area contributed by atoms with Crippen LogP contribution in [0.2, 0.25) is 5.02 Å². The van der Waals surface area contributed by atoms with Crippen LogP contribution in [0.3, 0.4) is 0 Å². The third kappa shape index (κ3) is 4.11. The van der Waals surface area contributed by atoms with Gasteiger partial charge in [-0.3, -0.25) is 0 Å². The predicted octanol–water partition coefficient (Wildman–Crippen LogP) is 4.20. The Kier molecular flexibility index (Phi) is 5.07. The van der Waals surface area contributed by atoms with Crippen LogP contribution in [0, 0.1) is 0 Å². The van der Waals surface area contributed by atoms with E-state index >= 15 is 0 Å². The van der Waals surface area contributed by atoms with Gasteiger partial charge in [0.2, 0.25) is 11.7 Å². The first-order valence-corrected chi connectivity index (χ1v) is 9.33. The summed E-state index contributed by atoms with van der Waals surface area (Å²) in [5.41, 5.74) is 10.6. The van der Waals surface area contributed by atoms with Crippen molar-refractivity contribution in [3.05, 3.63) is 64.5 Å². The molecule has 0 saturated carbocycles. The molecule has 6 nitrogen and oxygen atoms in total. The molecular weight excluding hydrogens is 362 g/mol. The molecule has 0 spiro atoms. The van der Waals surface area contributed by atoms with E-state index in [0.29, 0.717) is 22.7 Å². The molecule has 2 aromatic carbocycles. The van der Waals surface area contributed by atoms with E-state index < -0.39 is 0 Å². The maximum absolute atomic E-state index is 6.06. The lowest BCUT2D eigenvalue weighted by Gasteiger charge is -2.19. The van der Waals surface area contributed by atoms with Crippen molar-refractivity contribution < 1.29 is 4.52 Å². The summed E-state index contributed by atoms with van der Waals surface area (Å²) in [6.45, 7) is 0.210. The Labute approximate surface area is 162 Å². The SMILES string of the molecule is NC(=NCc1nc(-c2cccc(Cl)c2)no1)Nc1cccc2c1CCCC2. The Hall–Kier alpha value is -2.86. The molecular formula is C20H20ClN5O. The van der Waals surface area contributed by atoms with Crippen LogP contribution in [0.5, 0.6) is 0 Å². The fraction of sp³-hybridized carbons (Fsp3) is 0.250. The van der Waals surface area contributed by atoms with E-state index in [0.717, 1.165) is 24.1 Å². The second-order valence-electron chi connectivity index (χ2n) is 6.50. The number of guanidine groups is 1. The number of nitrogens with one attached hydrogen (secondary N) is 1. The van der Waals surface area contributed by atoms with Gasteiger partial charge in [0.05, 0.1) is 0 Å². The molecule has 3 aromatic rings. The lowest BCUT2D eigenvalue weighted by molar-refractivity contribution is 0.381. The van der Waals surface area contributed by atoms with Crippen LogP contribution in [-0.4, -0.2) is 16.1 Å². The molecule has 0 bridgehead atoms. The van der Waals surface area contributed by atoms with Crippen LogP contribution in [0.25, 0.3) is 11.4 Å². The highest BCUT2D eigenvalue weighted by Crippen LogP contribution is 2.27. The van der Waals surface area contributed by atoms with Crippen molar-refractivity contribution in [1.82, 2.24) is 10.1 Å². The minimum Gasteiger partial charge on any atom is -0.370 e. The van der Waals surface area contributed by atoms with Gasteiger partial charge in [0.15, 0.2) is 5.96 Å². The summed E-state index contributed by atoms with van der Waals surface area (Å²) in [5, 5.41) is 7.80. The molecule has 0 saturated heterocycles. The van der Waals surface area contributed by atoms with Crippen LogP contribution in [-0.2, 0) is 19.4 Å². The van der Waals surface area contributed by atoms with Crippen LogP contribution < -0.4 is 11.1 Å². The van der Waals surface area contributed by atoms with Gasteiger partial charge in [-0.25, -0.2) is 4.99 Å². The molecule has 138 valence electrons. The number of nitrogens with two attached hydrogens (primary N) is 1. The average molecular weight is 382 g/mol. The Morgan fingerprint density at radius 2 is 2.04 bits per heavy atom. The number of fused-ring (bicyclic) bond motifs is 1. The number of nitrogens with zero attached hydrogens (tertiary/aromatic N) is 3. The van der Waals surface area contributed by atoms with E-state index in [1.165, 1.54) is 24.0 Å². The molecule has 0 atom stereocenters. The van der Waals surface area contributed by atoms with Crippen molar-refractivity contribution in [2.45, 2.75) is 32.2 Å². The predicted molar refractivity (Wildman–Crippen MR) is 107 cm³/mol. The number of hydrogen-bond donors (Lipinski definition) is 2. The van der Waals surface area contributed by atoms with E-state index in [9.17, 15) is 0 Å². The lowest BCUT2D eigenvalue weighted by Crippen LogP contribution is -2.24. The molecule has 3 N–H and O–H groups in total. The summed E-state index contributed by atoms with van der Waals surface area (Å²) in [5.74, 6) is 1.20. The standard InChI is InChI=1S/C20H20ClN5O/c21-15-8-3-7-14(11-15)19-25-18(27-26-19)12-23-20(22)24-17-10-4-6-13-5-1-2-9-16(13)17/h3-4,6-8,10-11H,1-2,5,9,12H2,(H3,22,23,24). The number of benzene rings is 2. The fourth-order valence-electron chi connectivity index (χ4n) is 3.29. The molecule has 0 amide bonds. The maximum atomic E-state index is 6.06. The highest BCUT2D eigenvalue weighted by molar-refractivity contribution is 6.30. The first-order chi connectivity index (χ1) is 13.2. The highest BCUT2D eigenvalue weighted by Gasteiger charge is 2.13. The molecule has 0 aliphatic heterocycles. The van der Waals surface area contributed by atoms with Gasteiger partial charge in [0.1, 0.15) is 6.54 Å². The zero-order chi connectivity index (χ0) is 18.6. The maximum Gasteiger partial charge on any atom is 0.248 e. The average Bonchev–Trinajstić information content (AvgIpc) is 3.16. The van der Waals surface area contributed by atoms with Crippen LogP contribution in [0.4, 0.5) is 5.69 Å². The van der Waals surface area contributed by atoms with Crippen molar-refractivity contribution >= 4 is 23.2 Å². The molecule has 7 heteroatoms. The quantitative estimate of drug-likeness (QED) is 0.522. The third-order valence-corrected chi connectivity index (χ3v) is 4.83. The van der Waals surface area contributed by atoms with Crippen LogP contribution in [0.15, 0.2) is 52.0 Å². The molecule has 0 radical (unpaired) electrons. The zero-order valence-electron chi connectivity index (χ0n) is 14.8. The normalized spacial score (nSPS) is 14.0. The molecule has 1 heterocycles. The monoisotopic (exact) mass is 381 g/mol. The van der Waals surface area contributed by atoms with Crippen LogP contribution >= 0.6 is 11.6 Å². The smallest absolute Gasteiger partial charge is 0.248 e. The van der Waals surface area contributed by atoms with Gasteiger partial charge in [-0.1, -0.05) is 41.0 Å². The molecule has 1 aliphatic carbocycles. The fourth-order valence-corrected chi connectivity index (χ4v) is 3.48. The molecule has 27 heavy (non-hydrogen) atoms. The number of aryl methyl sites for hydroxylation is 1. The summed E-state index contributed by atoms with van der Waals surface area (Å²) in [4.78, 5) is 8.67. The molecule has 0 fully saturated rings. The Morgan fingerprint density at radius 1 is 1.19 bits per heavy atom. The summed E-state index contributed by atoms with van der Waals surface area (Å²) >= 11 is 6.00. The van der Waals surface area contributed by atoms with Gasteiger partial charge >= 0.3 is 0 Å². The molecule has 0 unspecified atom stereocenters. The van der Waals surface area contributed by atoms with Crippen molar-refractivity contribution in [1.29, 1.82) is 0 Å². The van der Waals surface area contributed by atoms with E-state index in [1.807, 2.05) is 18.2 Å². The minimum absolute atomic E-state index is 0.210. The van der Waals surface area contributed by atoms with Gasteiger partial charge in [-0.15, -0.1) is 0 Å². The largest absolute Gasteiger partial charge is 0.370 e. The number of rotatable bonds is 4. The number of aromatic nitrogens is 2. The number of aliphatic imine (C=N–C) groups is 1. The van der Waals surface area contributed by atoms with Gasteiger partial charge < -0.3 is 15.6 Å². The van der Waals surface area contributed by atoms with E-state index in [-0.39, 0.29) is 6.54 Å². The Bertz CT molecular complexity index is 982. The van der Waals surface area contributed by atoms with Crippen molar-refractivity contribution in [3.63, 3.8) is 0 Å². The first-order valence-electron chi connectivity index (χ1n) is 8.95. The summed E-state index contributed by atoms with van der Waals surface area (Å²) < 4.78 is 5.26. The zero-order valence-corrected chi connectivity index (χ0v) is 15.5. The summed E-state index contributed by atoms with van der Waals surface area (Å²) in [7, 11) is 0. The van der Waals surface area contributed by atoms with Crippen LogP contribution in [0.1, 0.15) is 29.9 Å². The van der Waals surface area contributed by atoms with E-state index in [4.69, 9.17) is 21.9 Å². The minimum atomic E-state index is 0.210. The second-order valence-corrected chi connectivity index (χ2v) is 6.94. The summed E-state index contributed by atoms with van der Waals surface area (Å²) in [6, 6.07) is 13.6. The van der Waals surface area contributed by atoms with Gasteiger partial charge in [0, 0.05) is 16.3 Å². The summed E-state index contributed by atoms with van der Waals surface area (Å²) in [6.07, 6.45) is 4.64.